The first-order chi connectivity index (χ1) is 11.5. The fourth-order valence-electron chi connectivity index (χ4n) is 2.34. The van der Waals surface area contributed by atoms with Gasteiger partial charge >= 0.3 is 12.4 Å². The predicted octanol–water partition coefficient (Wildman–Crippen LogP) is 6.85. The lowest BCUT2D eigenvalue weighted by molar-refractivity contribution is -0.143. The van der Waals surface area contributed by atoms with Crippen molar-refractivity contribution < 1.29 is 26.3 Å². The molecule has 0 bridgehead atoms. The van der Waals surface area contributed by atoms with Gasteiger partial charge in [-0.2, -0.15) is 26.3 Å². The summed E-state index contributed by atoms with van der Waals surface area (Å²) in [5.41, 5.74) is -0.495. The van der Waals surface area contributed by atoms with Gasteiger partial charge in [-0.05, 0) is 47.4 Å². The summed E-state index contributed by atoms with van der Waals surface area (Å²) in [5, 5.41) is 0. The number of benzene rings is 2. The van der Waals surface area contributed by atoms with Gasteiger partial charge in [0.2, 0.25) is 0 Å². The molecule has 0 saturated carbocycles. The first kappa shape index (κ1) is 18.8. The summed E-state index contributed by atoms with van der Waals surface area (Å²) < 4.78 is 77.2. The van der Waals surface area contributed by atoms with Gasteiger partial charge in [-0.3, -0.25) is 0 Å². The van der Waals surface area contributed by atoms with E-state index in [0.29, 0.717) is 17.7 Å². The molecule has 0 atom stereocenters. The third kappa shape index (κ3) is 4.53. The average molecular weight is 356 g/mol. The largest absolute Gasteiger partial charge is 0.416 e. The summed E-state index contributed by atoms with van der Waals surface area (Å²) in [6.45, 7) is 5.45. The third-order valence-electron chi connectivity index (χ3n) is 3.70. The summed E-state index contributed by atoms with van der Waals surface area (Å²) in [5.74, 6) is 0. The SMILES string of the molecule is C=Cc1cccc(/C=C/c2cc(C(F)(F)F)cc(C(F)(F)F)c2)c1C. The van der Waals surface area contributed by atoms with Crippen molar-refractivity contribution in [3.05, 3.63) is 76.4 Å². The molecule has 2 rings (SSSR count). The molecule has 0 nitrogen and oxygen atoms in total. The second-order valence-electron chi connectivity index (χ2n) is 5.44. The molecule has 2 aromatic carbocycles. The Balaban J connectivity index is 2.50. The van der Waals surface area contributed by atoms with Gasteiger partial charge in [0.05, 0.1) is 11.1 Å². The lowest BCUT2D eigenvalue weighted by Crippen LogP contribution is -2.11. The van der Waals surface area contributed by atoms with E-state index in [1.807, 2.05) is 6.07 Å². The summed E-state index contributed by atoms with van der Waals surface area (Å²) >= 11 is 0. The number of alkyl halides is 6. The van der Waals surface area contributed by atoms with Crippen molar-refractivity contribution >= 4 is 18.2 Å². The Morgan fingerprint density at radius 1 is 0.800 bits per heavy atom. The smallest absolute Gasteiger partial charge is 0.166 e. The van der Waals surface area contributed by atoms with Crippen molar-refractivity contribution in [2.45, 2.75) is 19.3 Å². The molecular formula is C19H14F6. The van der Waals surface area contributed by atoms with Crippen LogP contribution >= 0.6 is 0 Å². The first-order valence-electron chi connectivity index (χ1n) is 7.22. The van der Waals surface area contributed by atoms with Gasteiger partial charge in [0.1, 0.15) is 0 Å². The predicted molar refractivity (Wildman–Crippen MR) is 86.6 cm³/mol. The third-order valence-corrected chi connectivity index (χ3v) is 3.70. The van der Waals surface area contributed by atoms with Crippen LogP contribution in [0.4, 0.5) is 26.3 Å². The van der Waals surface area contributed by atoms with E-state index in [0.717, 1.165) is 11.1 Å². The molecule has 0 radical (unpaired) electrons. The zero-order valence-corrected chi connectivity index (χ0v) is 13.2. The molecule has 0 N–H and O–H groups in total. The Kier molecular flexibility index (Phi) is 5.11. The van der Waals surface area contributed by atoms with Crippen LogP contribution in [0.25, 0.3) is 18.2 Å². The van der Waals surface area contributed by atoms with Crippen molar-refractivity contribution in [2.24, 2.45) is 0 Å². The molecule has 0 aliphatic carbocycles. The quantitative estimate of drug-likeness (QED) is 0.417. The Morgan fingerprint density at radius 2 is 1.32 bits per heavy atom. The van der Waals surface area contributed by atoms with Crippen LogP contribution in [0.1, 0.15) is 33.4 Å². The number of halogens is 6. The van der Waals surface area contributed by atoms with Crippen LogP contribution in [-0.4, -0.2) is 0 Å². The maximum atomic E-state index is 12.9. The molecule has 0 unspecified atom stereocenters. The summed E-state index contributed by atoms with van der Waals surface area (Å²) in [4.78, 5) is 0. The van der Waals surface area contributed by atoms with Crippen LogP contribution in [0.3, 0.4) is 0 Å². The highest BCUT2D eigenvalue weighted by Gasteiger charge is 2.36. The second kappa shape index (κ2) is 6.78. The normalized spacial score (nSPS) is 12.6. The van der Waals surface area contributed by atoms with Crippen LogP contribution in [0.5, 0.6) is 0 Å². The Hall–Kier alpha value is -2.50. The van der Waals surface area contributed by atoms with Crippen LogP contribution in [0, 0.1) is 6.92 Å². The number of hydrogen-bond acceptors (Lipinski definition) is 0. The Bertz CT molecular complexity index is 777. The molecule has 0 aliphatic heterocycles. The van der Waals surface area contributed by atoms with Gasteiger partial charge in [0, 0.05) is 0 Å². The van der Waals surface area contributed by atoms with Gasteiger partial charge in [-0.15, -0.1) is 0 Å². The molecule has 0 amide bonds. The van der Waals surface area contributed by atoms with E-state index in [2.05, 4.69) is 6.58 Å². The molecular weight excluding hydrogens is 342 g/mol. The number of hydrogen-bond donors (Lipinski definition) is 0. The highest BCUT2D eigenvalue weighted by molar-refractivity contribution is 5.73. The fourth-order valence-corrected chi connectivity index (χ4v) is 2.34. The molecule has 0 aliphatic rings. The zero-order valence-electron chi connectivity index (χ0n) is 13.2. The van der Waals surface area contributed by atoms with Gasteiger partial charge in [0.25, 0.3) is 0 Å². The average Bonchev–Trinajstić information content (AvgIpc) is 2.52. The standard InChI is InChI=1S/C19H14F6/c1-3-14-5-4-6-15(12(14)2)8-7-13-9-16(18(20,21)22)11-17(10-13)19(23,24)25/h3-11H,1H2,2H3/b8-7+. The first-order valence-corrected chi connectivity index (χ1v) is 7.22. The molecule has 0 aromatic heterocycles. The van der Waals surface area contributed by atoms with E-state index in [1.54, 1.807) is 25.1 Å². The molecule has 2 aromatic rings. The zero-order chi connectivity index (χ0) is 18.8. The van der Waals surface area contributed by atoms with E-state index >= 15 is 0 Å². The van der Waals surface area contributed by atoms with Crippen LogP contribution in [-0.2, 0) is 12.4 Å². The molecule has 132 valence electrons. The Labute approximate surface area is 141 Å². The van der Waals surface area contributed by atoms with Gasteiger partial charge < -0.3 is 0 Å². The minimum atomic E-state index is -4.86. The highest BCUT2D eigenvalue weighted by Crippen LogP contribution is 2.36. The van der Waals surface area contributed by atoms with Crippen molar-refractivity contribution in [3.63, 3.8) is 0 Å². The van der Waals surface area contributed by atoms with E-state index < -0.39 is 23.5 Å². The van der Waals surface area contributed by atoms with Crippen LogP contribution < -0.4 is 0 Å². The van der Waals surface area contributed by atoms with Crippen LogP contribution in [0.15, 0.2) is 43.0 Å². The number of rotatable bonds is 3. The van der Waals surface area contributed by atoms with Crippen molar-refractivity contribution in [1.29, 1.82) is 0 Å². The van der Waals surface area contributed by atoms with E-state index in [-0.39, 0.29) is 11.6 Å². The van der Waals surface area contributed by atoms with Crippen molar-refractivity contribution in [3.8, 4) is 0 Å². The van der Waals surface area contributed by atoms with E-state index in [1.165, 1.54) is 12.2 Å². The topological polar surface area (TPSA) is 0 Å². The van der Waals surface area contributed by atoms with Crippen molar-refractivity contribution in [1.82, 2.24) is 0 Å². The minimum absolute atomic E-state index is 0.112. The Morgan fingerprint density at radius 3 is 1.80 bits per heavy atom. The lowest BCUT2D eigenvalue weighted by Gasteiger charge is -2.13. The second-order valence-corrected chi connectivity index (χ2v) is 5.44. The molecule has 25 heavy (non-hydrogen) atoms. The van der Waals surface area contributed by atoms with Crippen molar-refractivity contribution in [2.75, 3.05) is 0 Å². The van der Waals surface area contributed by atoms with Gasteiger partial charge in [-0.1, -0.05) is 43.0 Å². The van der Waals surface area contributed by atoms with Crippen LogP contribution in [0.2, 0.25) is 0 Å². The highest BCUT2D eigenvalue weighted by atomic mass is 19.4. The van der Waals surface area contributed by atoms with E-state index in [9.17, 15) is 26.3 Å². The summed E-state index contributed by atoms with van der Waals surface area (Å²) in [6, 6.07) is 6.76. The molecule has 6 heteroatoms. The maximum Gasteiger partial charge on any atom is 0.416 e. The molecule has 0 fully saturated rings. The van der Waals surface area contributed by atoms with E-state index in [4.69, 9.17) is 0 Å². The monoisotopic (exact) mass is 356 g/mol. The summed E-state index contributed by atoms with van der Waals surface area (Å²) in [6.07, 6.45) is -5.37. The maximum absolute atomic E-state index is 12.9. The fraction of sp³-hybridized carbons (Fsp3) is 0.158. The molecule has 0 spiro atoms. The van der Waals surface area contributed by atoms with Gasteiger partial charge in [-0.25, -0.2) is 0 Å². The molecule has 0 saturated heterocycles. The van der Waals surface area contributed by atoms with Gasteiger partial charge in [0.15, 0.2) is 0 Å². The molecule has 0 heterocycles. The minimum Gasteiger partial charge on any atom is -0.166 e. The lowest BCUT2D eigenvalue weighted by atomic mass is 10.00. The summed E-state index contributed by atoms with van der Waals surface area (Å²) in [7, 11) is 0.